The summed E-state index contributed by atoms with van der Waals surface area (Å²) in [6.07, 6.45) is 1.43. The van der Waals surface area contributed by atoms with Crippen LogP contribution in [0.3, 0.4) is 0 Å². The highest BCUT2D eigenvalue weighted by Crippen LogP contribution is 2.39. The highest BCUT2D eigenvalue weighted by Gasteiger charge is 2.41. The minimum Gasteiger partial charge on any atom is -0.472 e. The summed E-state index contributed by atoms with van der Waals surface area (Å²) in [6.45, 7) is 13.4. The number of aromatic nitrogens is 1. The smallest absolute Gasteiger partial charge is 0.213 e. The van der Waals surface area contributed by atoms with Gasteiger partial charge in [0.15, 0.2) is 8.32 Å². The fourth-order valence-corrected chi connectivity index (χ4v) is 4.97. The van der Waals surface area contributed by atoms with Crippen LogP contribution in [0.5, 0.6) is 5.88 Å². The lowest BCUT2D eigenvalue weighted by atomic mass is 9.85. The van der Waals surface area contributed by atoms with Gasteiger partial charge in [-0.1, -0.05) is 61.6 Å². The molecule has 1 N–H and O–H groups in total. The molecule has 8 heteroatoms. The van der Waals surface area contributed by atoms with Crippen molar-refractivity contribution in [3.05, 3.63) is 57.2 Å². The van der Waals surface area contributed by atoms with E-state index in [1.165, 1.54) is 0 Å². The van der Waals surface area contributed by atoms with Gasteiger partial charge in [-0.15, -0.1) is 0 Å². The summed E-state index contributed by atoms with van der Waals surface area (Å²) in [4.78, 5) is 4.35. The van der Waals surface area contributed by atoms with Gasteiger partial charge in [0.1, 0.15) is 6.10 Å². The molecule has 3 atom stereocenters. The van der Waals surface area contributed by atoms with Gasteiger partial charge in [0.25, 0.3) is 0 Å². The van der Waals surface area contributed by atoms with Crippen LogP contribution in [0.25, 0.3) is 0 Å². The summed E-state index contributed by atoms with van der Waals surface area (Å²) in [5.41, 5.74) is 1.15. The Hall–Kier alpha value is -0.823. The summed E-state index contributed by atoms with van der Waals surface area (Å²) in [5.74, 6) is 0.975. The van der Waals surface area contributed by atoms with Crippen LogP contribution in [-0.2, 0) is 4.43 Å². The number of nitrogens with one attached hydrogen (secondary N) is 1. The van der Waals surface area contributed by atoms with E-state index in [4.69, 9.17) is 44.0 Å². The van der Waals surface area contributed by atoms with E-state index in [2.05, 4.69) is 44.2 Å². The van der Waals surface area contributed by atoms with Gasteiger partial charge < -0.3 is 14.5 Å². The molecule has 1 aliphatic rings. The maximum absolute atomic E-state index is 6.58. The number of ether oxygens (including phenoxy) is 1. The first kappa shape index (κ1) is 24.8. The van der Waals surface area contributed by atoms with Crippen molar-refractivity contribution in [1.82, 2.24) is 10.3 Å². The van der Waals surface area contributed by atoms with Crippen molar-refractivity contribution in [3.8, 4) is 5.88 Å². The van der Waals surface area contributed by atoms with Crippen LogP contribution in [0, 0.1) is 5.92 Å². The summed E-state index contributed by atoms with van der Waals surface area (Å²) >= 11 is 18.5. The molecule has 0 amide bonds. The van der Waals surface area contributed by atoms with Crippen LogP contribution < -0.4 is 10.1 Å². The quantitative estimate of drug-likeness (QED) is 0.423. The lowest BCUT2D eigenvalue weighted by Gasteiger charge is -2.38. The Kier molecular flexibility index (Phi) is 7.99. The standard InChI is InChI=1S/C23H31Cl3N2O2Si/c1-23(2,3)31(4,5)29-14-21(30-22-9-7-16(24)11-28-22)18-13-27-12-17(18)15-6-8-19(25)20(26)10-15/h6-11,17-18,21,27H,12-14H2,1-5H3. The lowest BCUT2D eigenvalue weighted by molar-refractivity contribution is 0.0688. The number of hydrogen-bond donors (Lipinski definition) is 1. The minimum atomic E-state index is -1.94. The number of halogens is 3. The molecule has 2 aromatic rings. The predicted octanol–water partition coefficient (Wildman–Crippen LogP) is 6.81. The number of pyridine rings is 1. The second-order valence-corrected chi connectivity index (χ2v) is 15.7. The fraction of sp³-hybridized carbons (Fsp3) is 0.522. The molecule has 0 saturated carbocycles. The first-order valence-electron chi connectivity index (χ1n) is 10.6. The Balaban J connectivity index is 1.86. The normalized spacial score (nSPS) is 20.6. The maximum atomic E-state index is 6.58. The third kappa shape index (κ3) is 6.15. The molecule has 3 unspecified atom stereocenters. The first-order chi connectivity index (χ1) is 14.5. The molecular weight excluding hydrogens is 471 g/mol. The third-order valence-electron chi connectivity index (χ3n) is 6.50. The van der Waals surface area contributed by atoms with E-state index in [1.54, 1.807) is 18.3 Å². The highest BCUT2D eigenvalue weighted by atomic mass is 35.5. The number of benzene rings is 1. The van der Waals surface area contributed by atoms with Crippen LogP contribution in [0.15, 0.2) is 36.5 Å². The molecule has 1 aromatic carbocycles. The van der Waals surface area contributed by atoms with Crippen molar-refractivity contribution < 1.29 is 9.16 Å². The van der Waals surface area contributed by atoms with Gasteiger partial charge >= 0.3 is 0 Å². The highest BCUT2D eigenvalue weighted by molar-refractivity contribution is 6.74. The van der Waals surface area contributed by atoms with Gasteiger partial charge in [0.2, 0.25) is 5.88 Å². The van der Waals surface area contributed by atoms with Gasteiger partial charge in [-0.3, -0.25) is 0 Å². The maximum Gasteiger partial charge on any atom is 0.213 e. The fourth-order valence-electron chi connectivity index (χ4n) is 3.54. The average Bonchev–Trinajstić information content (AvgIpc) is 3.17. The number of nitrogens with zero attached hydrogens (tertiary/aromatic N) is 1. The Bertz CT molecular complexity index is 887. The van der Waals surface area contributed by atoms with Crippen molar-refractivity contribution in [1.29, 1.82) is 0 Å². The van der Waals surface area contributed by atoms with Crippen LogP contribution in [0.2, 0.25) is 33.2 Å². The average molecular weight is 502 g/mol. The van der Waals surface area contributed by atoms with E-state index in [9.17, 15) is 0 Å². The van der Waals surface area contributed by atoms with E-state index in [-0.39, 0.29) is 23.0 Å². The topological polar surface area (TPSA) is 43.4 Å². The minimum absolute atomic E-state index is 0.118. The molecular formula is C23H31Cl3N2O2Si. The van der Waals surface area contributed by atoms with Crippen molar-refractivity contribution in [2.45, 2.75) is 50.9 Å². The lowest BCUT2D eigenvalue weighted by Crippen LogP contribution is -2.45. The van der Waals surface area contributed by atoms with Crippen LogP contribution >= 0.6 is 34.8 Å². The van der Waals surface area contributed by atoms with Gasteiger partial charge in [-0.2, -0.15) is 0 Å². The summed E-state index contributed by atoms with van der Waals surface area (Å²) in [6, 6.07) is 9.46. The summed E-state index contributed by atoms with van der Waals surface area (Å²) < 4.78 is 13.0. The molecule has 0 spiro atoms. The SMILES string of the molecule is CC(C)(C)[Si](C)(C)OCC(Oc1ccc(Cl)cn1)C1CNCC1c1ccc(Cl)c(Cl)c1. The van der Waals surface area contributed by atoms with Crippen LogP contribution in [-0.4, -0.2) is 39.1 Å². The summed E-state index contributed by atoms with van der Waals surface area (Å²) in [7, 11) is -1.94. The Labute approximate surface area is 201 Å². The van der Waals surface area contributed by atoms with Crippen LogP contribution in [0.1, 0.15) is 32.3 Å². The van der Waals surface area contributed by atoms with E-state index in [0.717, 1.165) is 18.7 Å². The number of rotatable bonds is 7. The van der Waals surface area contributed by atoms with Crippen molar-refractivity contribution >= 4 is 43.1 Å². The zero-order valence-electron chi connectivity index (χ0n) is 18.7. The van der Waals surface area contributed by atoms with E-state index in [0.29, 0.717) is 27.6 Å². The van der Waals surface area contributed by atoms with Crippen LogP contribution in [0.4, 0.5) is 0 Å². The van der Waals surface area contributed by atoms with E-state index in [1.807, 2.05) is 18.2 Å². The van der Waals surface area contributed by atoms with Crippen molar-refractivity contribution in [2.24, 2.45) is 5.92 Å². The van der Waals surface area contributed by atoms with E-state index >= 15 is 0 Å². The first-order valence-corrected chi connectivity index (χ1v) is 14.6. The molecule has 1 fully saturated rings. The van der Waals surface area contributed by atoms with Crippen molar-refractivity contribution in [2.75, 3.05) is 19.7 Å². The van der Waals surface area contributed by atoms with Crippen molar-refractivity contribution in [3.63, 3.8) is 0 Å². The Morgan fingerprint density at radius 2 is 1.84 bits per heavy atom. The molecule has 4 nitrogen and oxygen atoms in total. The molecule has 3 rings (SSSR count). The third-order valence-corrected chi connectivity index (χ3v) is 12.0. The van der Waals surface area contributed by atoms with Gasteiger partial charge in [-0.25, -0.2) is 4.98 Å². The molecule has 170 valence electrons. The Morgan fingerprint density at radius 1 is 1.10 bits per heavy atom. The molecule has 0 aliphatic carbocycles. The molecule has 0 radical (unpaired) electrons. The largest absolute Gasteiger partial charge is 0.472 e. The second kappa shape index (κ2) is 9.98. The molecule has 1 saturated heterocycles. The van der Waals surface area contributed by atoms with E-state index < -0.39 is 8.32 Å². The molecule has 31 heavy (non-hydrogen) atoms. The van der Waals surface area contributed by atoms with Gasteiger partial charge in [0.05, 0.1) is 21.7 Å². The number of hydrogen-bond acceptors (Lipinski definition) is 4. The monoisotopic (exact) mass is 500 g/mol. The van der Waals surface area contributed by atoms with Gasteiger partial charge in [-0.05, 0) is 41.9 Å². The predicted molar refractivity (Wildman–Crippen MR) is 132 cm³/mol. The zero-order valence-corrected chi connectivity index (χ0v) is 22.0. The van der Waals surface area contributed by atoms with Gasteiger partial charge in [0, 0.05) is 37.2 Å². The second-order valence-electron chi connectivity index (χ2n) is 9.64. The zero-order chi connectivity index (χ0) is 22.8. The molecule has 1 aliphatic heterocycles. The summed E-state index contributed by atoms with van der Waals surface area (Å²) in [5, 5.41) is 5.35. The molecule has 1 aromatic heterocycles. The molecule has 0 bridgehead atoms. The molecule has 2 heterocycles. The Morgan fingerprint density at radius 3 is 2.45 bits per heavy atom.